The highest BCUT2D eigenvalue weighted by molar-refractivity contribution is 5.74. The van der Waals surface area contributed by atoms with Gasteiger partial charge in [0.05, 0.1) is 19.0 Å². The second kappa shape index (κ2) is 6.03. The zero-order chi connectivity index (χ0) is 14.7. The monoisotopic (exact) mass is 286 g/mol. The maximum atomic E-state index is 11.6. The molecule has 1 aliphatic heterocycles. The fourth-order valence-electron chi connectivity index (χ4n) is 2.75. The minimum atomic E-state index is -0.194. The molecule has 0 bridgehead atoms. The van der Waals surface area contributed by atoms with Gasteiger partial charge in [-0.05, 0) is 31.4 Å². The summed E-state index contributed by atoms with van der Waals surface area (Å²) in [4.78, 5) is 18.2. The number of carbonyl (C=O) groups is 1. The Morgan fingerprint density at radius 1 is 1.29 bits per heavy atom. The summed E-state index contributed by atoms with van der Waals surface area (Å²) in [5.41, 5.74) is 1.60. The molecule has 6 nitrogen and oxygen atoms in total. The highest BCUT2D eigenvalue weighted by atomic mass is 16.5. The van der Waals surface area contributed by atoms with Crippen LogP contribution in [0.5, 0.6) is 0 Å². The molecular formula is C15H18N4O2. The van der Waals surface area contributed by atoms with Crippen LogP contribution in [0, 0.1) is 0 Å². The number of aromatic nitrogens is 3. The number of fused-ring (bicyclic) bond motifs is 1. The Morgan fingerprint density at radius 3 is 2.90 bits per heavy atom. The van der Waals surface area contributed by atoms with Gasteiger partial charge in [0, 0.05) is 12.6 Å². The van der Waals surface area contributed by atoms with Gasteiger partial charge < -0.3 is 9.64 Å². The predicted molar refractivity (Wildman–Crippen MR) is 79.0 cm³/mol. The Labute approximate surface area is 123 Å². The van der Waals surface area contributed by atoms with E-state index in [0.29, 0.717) is 12.4 Å². The second-order valence-corrected chi connectivity index (χ2v) is 5.22. The molecule has 0 amide bonds. The van der Waals surface area contributed by atoms with Gasteiger partial charge in [-0.3, -0.25) is 4.79 Å². The van der Waals surface area contributed by atoms with Crippen LogP contribution >= 0.6 is 0 Å². The van der Waals surface area contributed by atoms with Crippen LogP contribution in [0.15, 0.2) is 24.3 Å². The number of rotatable bonds is 3. The molecule has 2 aromatic rings. The first-order valence-corrected chi connectivity index (χ1v) is 7.21. The number of nitrogens with zero attached hydrogens (tertiary/aromatic N) is 4. The molecule has 1 aromatic heterocycles. The third kappa shape index (κ3) is 2.94. The van der Waals surface area contributed by atoms with E-state index in [1.807, 2.05) is 24.3 Å². The molecule has 1 aromatic carbocycles. The van der Waals surface area contributed by atoms with Crippen molar-refractivity contribution in [2.24, 2.45) is 0 Å². The zero-order valence-corrected chi connectivity index (χ0v) is 12.0. The van der Waals surface area contributed by atoms with Crippen molar-refractivity contribution >= 4 is 23.0 Å². The highest BCUT2D eigenvalue weighted by Gasteiger charge is 2.27. The van der Waals surface area contributed by atoms with Gasteiger partial charge >= 0.3 is 5.97 Å². The highest BCUT2D eigenvalue weighted by Crippen LogP contribution is 2.24. The van der Waals surface area contributed by atoms with Gasteiger partial charge in [0.15, 0.2) is 0 Å². The van der Waals surface area contributed by atoms with Gasteiger partial charge in [-0.1, -0.05) is 12.1 Å². The number of hydrogen-bond donors (Lipinski definition) is 0. The van der Waals surface area contributed by atoms with E-state index in [-0.39, 0.29) is 12.0 Å². The first-order chi connectivity index (χ1) is 10.3. The van der Waals surface area contributed by atoms with Crippen LogP contribution in [0.3, 0.4) is 0 Å². The summed E-state index contributed by atoms with van der Waals surface area (Å²) in [6.45, 7) is 0.849. The van der Waals surface area contributed by atoms with Gasteiger partial charge in [0.2, 0.25) is 5.95 Å². The van der Waals surface area contributed by atoms with Crippen molar-refractivity contribution in [1.29, 1.82) is 0 Å². The van der Waals surface area contributed by atoms with Crippen molar-refractivity contribution in [2.45, 2.75) is 31.7 Å². The molecule has 2 heterocycles. The largest absolute Gasteiger partial charge is 0.469 e. The molecule has 1 saturated heterocycles. The number of esters is 1. The lowest BCUT2D eigenvalue weighted by atomic mass is 10.00. The third-order valence-electron chi connectivity index (χ3n) is 3.86. The van der Waals surface area contributed by atoms with E-state index in [1.165, 1.54) is 7.11 Å². The molecule has 1 fully saturated rings. The molecule has 6 heteroatoms. The predicted octanol–water partition coefficient (Wildman–Crippen LogP) is 1.95. The van der Waals surface area contributed by atoms with Crippen LogP contribution < -0.4 is 4.90 Å². The maximum absolute atomic E-state index is 11.6. The lowest BCUT2D eigenvalue weighted by Crippen LogP contribution is -2.42. The van der Waals surface area contributed by atoms with Crippen molar-refractivity contribution in [1.82, 2.24) is 15.2 Å². The van der Waals surface area contributed by atoms with Gasteiger partial charge in [-0.2, -0.15) is 0 Å². The molecule has 110 valence electrons. The van der Waals surface area contributed by atoms with Crippen LogP contribution in [-0.2, 0) is 9.53 Å². The average molecular weight is 286 g/mol. The summed E-state index contributed by atoms with van der Waals surface area (Å²) in [7, 11) is 1.42. The van der Waals surface area contributed by atoms with Crippen molar-refractivity contribution in [3.8, 4) is 0 Å². The van der Waals surface area contributed by atoms with Crippen LogP contribution in [0.25, 0.3) is 11.0 Å². The first-order valence-electron chi connectivity index (χ1n) is 7.21. The number of benzene rings is 1. The molecule has 0 spiro atoms. The normalized spacial score (nSPS) is 18.7. The fourth-order valence-corrected chi connectivity index (χ4v) is 2.75. The summed E-state index contributed by atoms with van der Waals surface area (Å²) >= 11 is 0. The van der Waals surface area contributed by atoms with E-state index in [9.17, 15) is 4.79 Å². The van der Waals surface area contributed by atoms with Crippen molar-refractivity contribution in [3.63, 3.8) is 0 Å². The number of ether oxygens (including phenoxy) is 1. The summed E-state index contributed by atoms with van der Waals surface area (Å²) in [6.07, 6.45) is 3.50. The van der Waals surface area contributed by atoms with E-state index in [1.54, 1.807) is 0 Å². The van der Waals surface area contributed by atoms with Crippen LogP contribution in [0.1, 0.15) is 25.7 Å². The fraction of sp³-hybridized carbons (Fsp3) is 0.467. The van der Waals surface area contributed by atoms with Crippen LogP contribution in [-0.4, -0.2) is 40.8 Å². The molecule has 0 N–H and O–H groups in total. The molecule has 1 aliphatic rings. The van der Waals surface area contributed by atoms with Gasteiger partial charge in [0.25, 0.3) is 0 Å². The SMILES string of the molecule is COC(=O)CC1CCCCN1c1nnc2ccccc2n1. The minimum Gasteiger partial charge on any atom is -0.469 e. The lowest BCUT2D eigenvalue weighted by Gasteiger charge is -2.34. The molecule has 21 heavy (non-hydrogen) atoms. The Bertz CT molecular complexity index is 646. The summed E-state index contributed by atoms with van der Waals surface area (Å²) in [5.74, 6) is 0.406. The molecule has 1 atom stereocenters. The second-order valence-electron chi connectivity index (χ2n) is 5.22. The Balaban J connectivity index is 1.88. The van der Waals surface area contributed by atoms with Crippen LogP contribution in [0.4, 0.5) is 5.95 Å². The number of piperidine rings is 1. The van der Waals surface area contributed by atoms with E-state index < -0.39 is 0 Å². The lowest BCUT2D eigenvalue weighted by molar-refractivity contribution is -0.141. The summed E-state index contributed by atoms with van der Waals surface area (Å²) in [6, 6.07) is 7.75. The van der Waals surface area contributed by atoms with Gasteiger partial charge in [-0.15, -0.1) is 10.2 Å². The van der Waals surface area contributed by atoms with E-state index in [4.69, 9.17) is 4.74 Å². The third-order valence-corrected chi connectivity index (χ3v) is 3.86. The van der Waals surface area contributed by atoms with Crippen molar-refractivity contribution in [2.75, 3.05) is 18.6 Å². The van der Waals surface area contributed by atoms with Crippen LogP contribution in [0.2, 0.25) is 0 Å². The minimum absolute atomic E-state index is 0.0918. The van der Waals surface area contributed by atoms with Crippen molar-refractivity contribution in [3.05, 3.63) is 24.3 Å². The number of anilines is 1. The average Bonchev–Trinajstić information content (AvgIpc) is 2.55. The van der Waals surface area contributed by atoms with Gasteiger partial charge in [-0.25, -0.2) is 4.98 Å². The Morgan fingerprint density at radius 2 is 2.10 bits per heavy atom. The molecule has 0 aliphatic carbocycles. The molecule has 0 saturated carbocycles. The summed E-state index contributed by atoms with van der Waals surface area (Å²) in [5, 5.41) is 8.45. The van der Waals surface area contributed by atoms with E-state index in [2.05, 4.69) is 20.1 Å². The van der Waals surface area contributed by atoms with E-state index >= 15 is 0 Å². The standard InChI is InChI=1S/C15H18N4O2/c1-21-14(20)10-11-6-4-5-9-19(11)15-16-12-7-2-3-8-13(12)17-18-15/h2-3,7-8,11H,4-6,9-10H2,1H3. The Kier molecular flexibility index (Phi) is 3.94. The maximum Gasteiger partial charge on any atom is 0.307 e. The smallest absolute Gasteiger partial charge is 0.307 e. The quantitative estimate of drug-likeness (QED) is 0.803. The Hall–Kier alpha value is -2.24. The number of carbonyl (C=O) groups excluding carboxylic acids is 1. The molecule has 1 unspecified atom stereocenters. The van der Waals surface area contributed by atoms with Crippen molar-refractivity contribution < 1.29 is 9.53 Å². The number of para-hydroxylation sites is 1. The number of hydrogen-bond acceptors (Lipinski definition) is 6. The first kappa shape index (κ1) is 13.7. The summed E-state index contributed by atoms with van der Waals surface area (Å²) < 4.78 is 4.79. The number of methoxy groups -OCH3 is 1. The molecule has 0 radical (unpaired) electrons. The van der Waals surface area contributed by atoms with E-state index in [0.717, 1.165) is 36.8 Å². The van der Waals surface area contributed by atoms with Gasteiger partial charge in [0.1, 0.15) is 5.52 Å². The topological polar surface area (TPSA) is 68.2 Å². The molecule has 3 rings (SSSR count). The zero-order valence-electron chi connectivity index (χ0n) is 12.0. The molecular weight excluding hydrogens is 268 g/mol.